The summed E-state index contributed by atoms with van der Waals surface area (Å²) in [6.07, 6.45) is 3.69. The first kappa shape index (κ1) is 16.1. The third kappa shape index (κ3) is 2.60. The van der Waals surface area contributed by atoms with Gasteiger partial charge in [-0.25, -0.2) is 14.6 Å². The van der Waals surface area contributed by atoms with Crippen molar-refractivity contribution in [1.82, 2.24) is 30.0 Å². The monoisotopic (exact) mass is 363 g/mol. The van der Waals surface area contributed by atoms with E-state index in [2.05, 4.69) is 26.3 Å². The van der Waals surface area contributed by atoms with Gasteiger partial charge >= 0.3 is 0 Å². The summed E-state index contributed by atoms with van der Waals surface area (Å²) in [4.78, 5) is 12.1. The molecule has 4 heterocycles. The molecule has 1 aromatic carbocycles. The number of nitrogen functional groups attached to an aromatic ring is 1. The minimum Gasteiger partial charge on any atom is -0.497 e. The summed E-state index contributed by atoms with van der Waals surface area (Å²) >= 11 is 0. The molecule has 3 aromatic heterocycles. The molecule has 0 amide bonds. The van der Waals surface area contributed by atoms with E-state index in [1.165, 1.54) is 6.33 Å². The molecule has 1 saturated heterocycles. The third-order valence-corrected chi connectivity index (χ3v) is 5.22. The minimum atomic E-state index is 0.258. The van der Waals surface area contributed by atoms with Crippen LogP contribution in [0.15, 0.2) is 30.6 Å². The molecule has 8 nitrogen and oxygen atoms in total. The second-order valence-corrected chi connectivity index (χ2v) is 6.89. The van der Waals surface area contributed by atoms with Crippen molar-refractivity contribution in [2.24, 2.45) is 0 Å². The molecule has 27 heavy (non-hydrogen) atoms. The fourth-order valence-electron chi connectivity index (χ4n) is 3.85. The largest absolute Gasteiger partial charge is 0.497 e. The first-order valence-electron chi connectivity index (χ1n) is 9.11. The van der Waals surface area contributed by atoms with Gasteiger partial charge < -0.3 is 20.8 Å². The molecule has 4 N–H and O–H groups in total. The zero-order valence-corrected chi connectivity index (χ0v) is 15.1. The van der Waals surface area contributed by atoms with Crippen LogP contribution in [0.1, 0.15) is 18.9 Å². The van der Waals surface area contributed by atoms with Crippen LogP contribution in [0.3, 0.4) is 0 Å². The number of nitrogens with zero attached hydrogens (tertiary/aromatic N) is 4. The maximum absolute atomic E-state index is 6.22. The maximum Gasteiger partial charge on any atom is 0.164 e. The van der Waals surface area contributed by atoms with Crippen LogP contribution in [-0.2, 0) is 0 Å². The molecular formula is C19H21N7O. The lowest BCUT2D eigenvalue weighted by atomic mass is 10.1. The number of nitrogens with one attached hydrogen (secondary N) is 2. The normalized spacial score (nSPS) is 17.6. The quantitative estimate of drug-likeness (QED) is 0.516. The Morgan fingerprint density at radius 2 is 2.19 bits per heavy atom. The summed E-state index contributed by atoms with van der Waals surface area (Å²) in [7, 11) is 1.67. The highest BCUT2D eigenvalue weighted by molar-refractivity contribution is 6.00. The number of benzene rings is 1. The lowest BCUT2D eigenvalue weighted by Gasteiger charge is -2.23. The van der Waals surface area contributed by atoms with Crippen LogP contribution in [-0.4, -0.2) is 44.9 Å². The van der Waals surface area contributed by atoms with Crippen LogP contribution in [0.2, 0.25) is 0 Å². The summed E-state index contributed by atoms with van der Waals surface area (Å²) in [5, 5.41) is 10.2. The lowest BCUT2D eigenvalue weighted by molar-refractivity contribution is 0.354. The molecule has 1 aliphatic rings. The number of piperidine rings is 1. The molecule has 0 spiro atoms. The van der Waals surface area contributed by atoms with Gasteiger partial charge in [-0.05, 0) is 43.7 Å². The number of fused-ring (bicyclic) bond motifs is 2. The van der Waals surface area contributed by atoms with Gasteiger partial charge in [0.15, 0.2) is 5.65 Å². The highest BCUT2D eigenvalue weighted by Gasteiger charge is 2.24. The molecule has 0 aliphatic carbocycles. The number of methoxy groups -OCH3 is 1. The minimum absolute atomic E-state index is 0.258. The van der Waals surface area contributed by atoms with Gasteiger partial charge in [0.2, 0.25) is 0 Å². The number of ether oxygens (including phenoxy) is 1. The van der Waals surface area contributed by atoms with Crippen molar-refractivity contribution in [3.05, 3.63) is 30.6 Å². The number of H-pyrrole nitrogens is 1. The molecule has 5 rings (SSSR count). The van der Waals surface area contributed by atoms with Crippen LogP contribution >= 0.6 is 0 Å². The number of anilines is 1. The van der Waals surface area contributed by atoms with Crippen molar-refractivity contribution in [3.8, 4) is 17.1 Å². The lowest BCUT2D eigenvalue weighted by Crippen LogP contribution is -2.32. The van der Waals surface area contributed by atoms with E-state index in [1.54, 1.807) is 7.11 Å². The van der Waals surface area contributed by atoms with E-state index in [0.29, 0.717) is 5.82 Å². The van der Waals surface area contributed by atoms with Gasteiger partial charge in [0.25, 0.3) is 0 Å². The van der Waals surface area contributed by atoms with Crippen molar-refractivity contribution in [2.75, 3.05) is 25.9 Å². The Kier molecular flexibility index (Phi) is 3.71. The van der Waals surface area contributed by atoms with Crippen LogP contribution in [0, 0.1) is 0 Å². The van der Waals surface area contributed by atoms with E-state index in [1.807, 2.05) is 22.9 Å². The number of hydrogen-bond donors (Lipinski definition) is 3. The molecule has 8 heteroatoms. The van der Waals surface area contributed by atoms with Gasteiger partial charge in [-0.2, -0.15) is 5.10 Å². The maximum atomic E-state index is 6.22. The molecule has 1 atom stereocenters. The Labute approximate surface area is 155 Å². The average Bonchev–Trinajstić information content (AvgIpc) is 3.30. The number of nitrogens with two attached hydrogens (primary N) is 1. The number of aromatic amines is 1. The molecule has 0 unspecified atom stereocenters. The molecule has 0 radical (unpaired) electrons. The van der Waals surface area contributed by atoms with E-state index in [9.17, 15) is 0 Å². The predicted octanol–water partition coefficient (Wildman–Crippen LogP) is 2.49. The van der Waals surface area contributed by atoms with Crippen molar-refractivity contribution in [1.29, 1.82) is 0 Å². The SMILES string of the molecule is COc1ccc2[nH]c(-c3nn([C@@H]4CCCNC4)c4ncnc(N)c34)cc2c1. The second-order valence-electron chi connectivity index (χ2n) is 6.89. The summed E-state index contributed by atoms with van der Waals surface area (Å²) in [5.74, 6) is 1.26. The van der Waals surface area contributed by atoms with E-state index in [0.717, 1.165) is 65.0 Å². The van der Waals surface area contributed by atoms with Crippen molar-refractivity contribution < 1.29 is 4.74 Å². The number of rotatable bonds is 3. The zero-order valence-electron chi connectivity index (χ0n) is 15.1. The summed E-state index contributed by atoms with van der Waals surface area (Å²) in [6.45, 7) is 1.92. The topological polar surface area (TPSA) is 107 Å². The molecule has 0 saturated carbocycles. The molecule has 138 valence electrons. The Morgan fingerprint density at radius 1 is 1.26 bits per heavy atom. The van der Waals surface area contributed by atoms with Crippen LogP contribution in [0.25, 0.3) is 33.3 Å². The molecule has 0 bridgehead atoms. The Hall–Kier alpha value is -3.13. The summed E-state index contributed by atoms with van der Waals surface area (Å²) in [6, 6.07) is 8.26. The highest BCUT2D eigenvalue weighted by atomic mass is 16.5. The summed E-state index contributed by atoms with van der Waals surface area (Å²) < 4.78 is 7.33. The van der Waals surface area contributed by atoms with E-state index >= 15 is 0 Å². The molecular weight excluding hydrogens is 342 g/mol. The Bertz CT molecular complexity index is 1120. The van der Waals surface area contributed by atoms with Crippen molar-refractivity contribution in [3.63, 3.8) is 0 Å². The fraction of sp³-hybridized carbons (Fsp3) is 0.316. The highest BCUT2D eigenvalue weighted by Crippen LogP contribution is 2.34. The van der Waals surface area contributed by atoms with E-state index in [-0.39, 0.29) is 6.04 Å². The number of hydrogen-bond acceptors (Lipinski definition) is 6. The molecule has 4 aromatic rings. The van der Waals surface area contributed by atoms with Crippen LogP contribution < -0.4 is 15.8 Å². The summed E-state index contributed by atoms with van der Waals surface area (Å²) in [5.41, 5.74) is 9.70. The first-order chi connectivity index (χ1) is 13.2. The fourth-order valence-corrected chi connectivity index (χ4v) is 3.85. The van der Waals surface area contributed by atoms with Gasteiger partial charge in [0, 0.05) is 17.4 Å². The van der Waals surface area contributed by atoms with Crippen molar-refractivity contribution >= 4 is 27.8 Å². The van der Waals surface area contributed by atoms with Gasteiger partial charge in [-0.3, -0.25) is 0 Å². The standard InChI is InChI=1S/C19H21N7O/c1-27-13-4-5-14-11(7-13)8-15(24-14)17-16-18(20)22-10-23-19(16)26(25-17)12-3-2-6-21-9-12/h4-5,7-8,10,12,21,24H,2-3,6,9H2,1H3,(H2,20,22,23)/t12-/m1/s1. The predicted molar refractivity (Wildman–Crippen MR) is 105 cm³/mol. The molecule has 1 aliphatic heterocycles. The molecule has 1 fully saturated rings. The first-order valence-corrected chi connectivity index (χ1v) is 9.11. The van der Waals surface area contributed by atoms with Gasteiger partial charge in [-0.1, -0.05) is 0 Å². The zero-order chi connectivity index (χ0) is 18.4. The van der Waals surface area contributed by atoms with Gasteiger partial charge in [-0.15, -0.1) is 0 Å². The van der Waals surface area contributed by atoms with E-state index in [4.69, 9.17) is 15.6 Å². The number of aromatic nitrogens is 5. The Morgan fingerprint density at radius 3 is 3.00 bits per heavy atom. The average molecular weight is 363 g/mol. The van der Waals surface area contributed by atoms with Crippen LogP contribution in [0.5, 0.6) is 5.75 Å². The smallest absolute Gasteiger partial charge is 0.164 e. The third-order valence-electron chi connectivity index (χ3n) is 5.22. The van der Waals surface area contributed by atoms with E-state index < -0.39 is 0 Å². The Balaban J connectivity index is 1.70. The van der Waals surface area contributed by atoms with Crippen LogP contribution in [0.4, 0.5) is 5.82 Å². The van der Waals surface area contributed by atoms with Gasteiger partial charge in [0.1, 0.15) is 23.6 Å². The van der Waals surface area contributed by atoms with Crippen molar-refractivity contribution in [2.45, 2.75) is 18.9 Å². The van der Waals surface area contributed by atoms with Gasteiger partial charge in [0.05, 0.1) is 24.2 Å². The second kappa shape index (κ2) is 6.24.